The molecule has 0 radical (unpaired) electrons. The highest BCUT2D eigenvalue weighted by molar-refractivity contribution is 4.92. The summed E-state index contributed by atoms with van der Waals surface area (Å²) in [4.78, 5) is 0. The average molecular weight is 257 g/mol. The Bertz CT molecular complexity index is 239. The second kappa shape index (κ2) is 6.85. The van der Waals surface area contributed by atoms with Gasteiger partial charge in [-0.15, -0.1) is 0 Å². The molecule has 1 heterocycles. The van der Waals surface area contributed by atoms with Gasteiger partial charge in [0.1, 0.15) is 0 Å². The first kappa shape index (κ1) is 14.3. The van der Waals surface area contributed by atoms with E-state index in [2.05, 4.69) is 12.2 Å². The Morgan fingerprint density at radius 2 is 2.22 bits per heavy atom. The topological polar surface area (TPSA) is 50.7 Å². The lowest BCUT2D eigenvalue weighted by molar-refractivity contribution is 0.0782. The molecular formula is C14H27NO3. The molecule has 106 valence electrons. The minimum absolute atomic E-state index is 0.124. The van der Waals surface area contributed by atoms with Gasteiger partial charge in [0.2, 0.25) is 0 Å². The number of hydrogen-bond acceptors (Lipinski definition) is 4. The maximum Gasteiger partial charge on any atom is 0.0610 e. The third-order valence-electron chi connectivity index (χ3n) is 3.87. The van der Waals surface area contributed by atoms with Crippen molar-refractivity contribution in [2.75, 3.05) is 33.0 Å². The molecule has 2 rings (SSSR count). The molecular weight excluding hydrogens is 230 g/mol. The first-order valence-electron chi connectivity index (χ1n) is 7.26. The van der Waals surface area contributed by atoms with Crippen molar-refractivity contribution < 1.29 is 14.6 Å². The van der Waals surface area contributed by atoms with E-state index >= 15 is 0 Å². The molecule has 1 saturated heterocycles. The predicted molar refractivity (Wildman–Crippen MR) is 70.6 cm³/mol. The minimum Gasteiger partial charge on any atom is -0.394 e. The molecule has 0 bridgehead atoms. The molecule has 2 unspecified atom stereocenters. The van der Waals surface area contributed by atoms with Gasteiger partial charge in [-0.05, 0) is 39.0 Å². The molecule has 0 aromatic rings. The summed E-state index contributed by atoms with van der Waals surface area (Å²) in [6, 6.07) is 0.638. The summed E-state index contributed by atoms with van der Waals surface area (Å²) in [5.74, 6) is 0.596. The zero-order chi connectivity index (χ0) is 12.8. The van der Waals surface area contributed by atoms with Gasteiger partial charge in [0.15, 0.2) is 0 Å². The molecule has 2 N–H and O–H groups in total. The van der Waals surface area contributed by atoms with Crippen molar-refractivity contribution in [3.8, 4) is 0 Å². The van der Waals surface area contributed by atoms with Crippen molar-refractivity contribution in [3.63, 3.8) is 0 Å². The number of aliphatic hydroxyl groups is 1. The van der Waals surface area contributed by atoms with Crippen molar-refractivity contribution in [3.05, 3.63) is 0 Å². The Balaban J connectivity index is 1.52. The van der Waals surface area contributed by atoms with Crippen LogP contribution in [0.2, 0.25) is 0 Å². The lowest BCUT2D eigenvalue weighted by Crippen LogP contribution is -2.47. The monoisotopic (exact) mass is 257 g/mol. The fourth-order valence-electron chi connectivity index (χ4n) is 2.45. The molecule has 18 heavy (non-hydrogen) atoms. The van der Waals surface area contributed by atoms with Gasteiger partial charge in [-0.25, -0.2) is 0 Å². The first-order valence-corrected chi connectivity index (χ1v) is 7.26. The van der Waals surface area contributed by atoms with Gasteiger partial charge in [-0.3, -0.25) is 0 Å². The molecule has 2 atom stereocenters. The maximum absolute atomic E-state index is 9.47. The number of ether oxygens (including phenoxy) is 2. The van der Waals surface area contributed by atoms with Crippen LogP contribution in [0.1, 0.15) is 39.0 Å². The van der Waals surface area contributed by atoms with Crippen LogP contribution < -0.4 is 5.32 Å². The molecule has 0 amide bonds. The average Bonchev–Trinajstić information content (AvgIpc) is 3.01. The standard InChI is InChI=1S/C14H27NO3/c1-14(11-16,15-13-3-4-13)6-2-7-17-9-12-5-8-18-10-12/h12-13,15-16H,2-11H2,1H3. The van der Waals surface area contributed by atoms with Gasteiger partial charge < -0.3 is 19.9 Å². The number of nitrogens with one attached hydrogen (secondary N) is 1. The van der Waals surface area contributed by atoms with E-state index in [9.17, 15) is 5.11 Å². The molecule has 1 saturated carbocycles. The third kappa shape index (κ3) is 4.84. The fraction of sp³-hybridized carbons (Fsp3) is 1.00. The predicted octanol–water partition coefficient (Wildman–Crippen LogP) is 1.32. The van der Waals surface area contributed by atoms with Gasteiger partial charge in [0.25, 0.3) is 0 Å². The highest BCUT2D eigenvalue weighted by Gasteiger charge is 2.31. The summed E-state index contributed by atoms with van der Waals surface area (Å²) in [6.07, 6.45) is 5.63. The van der Waals surface area contributed by atoms with Crippen LogP contribution in [0.3, 0.4) is 0 Å². The van der Waals surface area contributed by atoms with E-state index < -0.39 is 0 Å². The molecule has 4 nitrogen and oxygen atoms in total. The lowest BCUT2D eigenvalue weighted by Gasteiger charge is -2.29. The van der Waals surface area contributed by atoms with Crippen LogP contribution in [-0.4, -0.2) is 49.7 Å². The van der Waals surface area contributed by atoms with Crippen LogP contribution in [0.4, 0.5) is 0 Å². The zero-order valence-corrected chi connectivity index (χ0v) is 11.5. The van der Waals surface area contributed by atoms with E-state index in [1.54, 1.807) is 0 Å². The second-order valence-corrected chi connectivity index (χ2v) is 6.05. The SMILES string of the molecule is CC(CO)(CCCOCC1CCOC1)NC1CC1. The van der Waals surface area contributed by atoms with Crippen LogP contribution in [0, 0.1) is 5.92 Å². The Labute approximate surface area is 110 Å². The van der Waals surface area contributed by atoms with Crippen LogP contribution in [-0.2, 0) is 9.47 Å². The van der Waals surface area contributed by atoms with E-state index in [1.165, 1.54) is 12.8 Å². The maximum atomic E-state index is 9.47. The van der Waals surface area contributed by atoms with E-state index in [0.29, 0.717) is 12.0 Å². The lowest BCUT2D eigenvalue weighted by atomic mass is 9.97. The second-order valence-electron chi connectivity index (χ2n) is 6.05. The van der Waals surface area contributed by atoms with Crippen molar-refractivity contribution in [2.24, 2.45) is 5.92 Å². The number of aliphatic hydroxyl groups excluding tert-OH is 1. The zero-order valence-electron chi connectivity index (χ0n) is 11.5. The van der Waals surface area contributed by atoms with Gasteiger partial charge in [0, 0.05) is 30.7 Å². The Hall–Kier alpha value is -0.160. The summed E-state index contributed by atoms with van der Waals surface area (Å²) >= 11 is 0. The Morgan fingerprint density at radius 3 is 2.83 bits per heavy atom. The van der Waals surface area contributed by atoms with Gasteiger partial charge in [-0.1, -0.05) is 0 Å². The fourth-order valence-corrected chi connectivity index (χ4v) is 2.45. The molecule has 1 aliphatic carbocycles. The summed E-state index contributed by atoms with van der Waals surface area (Å²) in [5, 5.41) is 13.0. The van der Waals surface area contributed by atoms with Crippen molar-refractivity contribution >= 4 is 0 Å². The molecule has 0 spiro atoms. The van der Waals surface area contributed by atoms with Crippen LogP contribution in [0.15, 0.2) is 0 Å². The third-order valence-corrected chi connectivity index (χ3v) is 3.87. The molecule has 0 aromatic carbocycles. The highest BCUT2D eigenvalue weighted by atomic mass is 16.5. The van der Waals surface area contributed by atoms with E-state index in [1.807, 2.05) is 0 Å². The Morgan fingerprint density at radius 1 is 1.39 bits per heavy atom. The van der Waals surface area contributed by atoms with Gasteiger partial charge in [-0.2, -0.15) is 0 Å². The minimum atomic E-state index is -0.124. The summed E-state index contributed by atoms with van der Waals surface area (Å²) in [7, 11) is 0. The highest BCUT2D eigenvalue weighted by Crippen LogP contribution is 2.24. The van der Waals surface area contributed by atoms with Crippen molar-refractivity contribution in [1.82, 2.24) is 5.32 Å². The van der Waals surface area contributed by atoms with Crippen LogP contribution in [0.5, 0.6) is 0 Å². The number of rotatable bonds is 9. The molecule has 4 heteroatoms. The van der Waals surface area contributed by atoms with Crippen LogP contribution >= 0.6 is 0 Å². The molecule has 0 aromatic heterocycles. The van der Waals surface area contributed by atoms with E-state index in [0.717, 1.165) is 45.7 Å². The Kier molecular flexibility index (Phi) is 5.42. The quantitative estimate of drug-likeness (QED) is 0.612. The summed E-state index contributed by atoms with van der Waals surface area (Å²) < 4.78 is 11.0. The van der Waals surface area contributed by atoms with Crippen LogP contribution in [0.25, 0.3) is 0 Å². The largest absolute Gasteiger partial charge is 0.394 e. The molecule has 1 aliphatic heterocycles. The van der Waals surface area contributed by atoms with E-state index in [4.69, 9.17) is 9.47 Å². The summed E-state index contributed by atoms with van der Waals surface area (Å²) in [5.41, 5.74) is -0.124. The van der Waals surface area contributed by atoms with E-state index in [-0.39, 0.29) is 12.1 Å². The normalized spacial score (nSPS) is 27.3. The molecule has 2 fully saturated rings. The van der Waals surface area contributed by atoms with Crippen molar-refractivity contribution in [1.29, 1.82) is 0 Å². The van der Waals surface area contributed by atoms with Gasteiger partial charge >= 0.3 is 0 Å². The first-order chi connectivity index (χ1) is 8.72. The van der Waals surface area contributed by atoms with Crippen molar-refractivity contribution in [2.45, 2.75) is 50.6 Å². The number of hydrogen-bond donors (Lipinski definition) is 2. The summed E-state index contributed by atoms with van der Waals surface area (Å²) in [6.45, 7) is 5.68. The smallest absolute Gasteiger partial charge is 0.0610 e. The molecule has 2 aliphatic rings. The van der Waals surface area contributed by atoms with Gasteiger partial charge in [0.05, 0.1) is 19.8 Å².